The Hall–Kier alpha value is -2.81. The predicted octanol–water partition coefficient (Wildman–Crippen LogP) is 19.8. The van der Waals surface area contributed by atoms with Crippen LogP contribution in [-0.4, -0.2) is 74.3 Å². The molecule has 0 rings (SSSR count). The van der Waals surface area contributed by atoms with E-state index in [1.807, 2.05) is 33.3 Å². The van der Waals surface area contributed by atoms with Gasteiger partial charge in [-0.3, -0.25) is 18.6 Å². The van der Waals surface area contributed by atoms with Gasteiger partial charge in [0.05, 0.1) is 33.8 Å². The van der Waals surface area contributed by atoms with E-state index in [2.05, 4.69) is 99.0 Å². The summed E-state index contributed by atoms with van der Waals surface area (Å²) in [5.41, 5.74) is 0. The molecule has 0 fully saturated rings. The second-order valence-corrected chi connectivity index (χ2v) is 24.0. The lowest BCUT2D eigenvalue weighted by atomic mass is 10.0. The first-order chi connectivity index (χ1) is 37.4. The van der Waals surface area contributed by atoms with Crippen molar-refractivity contribution in [3.05, 3.63) is 85.1 Å². The van der Waals surface area contributed by atoms with Crippen molar-refractivity contribution in [3.63, 3.8) is 0 Å². The highest BCUT2D eigenvalue weighted by Crippen LogP contribution is 2.43. The summed E-state index contributed by atoms with van der Waals surface area (Å²) in [4.78, 5) is 37.7. The predicted molar refractivity (Wildman–Crippen MR) is 332 cm³/mol. The Labute approximate surface area is 476 Å². The first kappa shape index (κ1) is 74.2. The molecular formula is C67H122N2O7P+. The van der Waals surface area contributed by atoms with Gasteiger partial charge in [0, 0.05) is 12.8 Å². The van der Waals surface area contributed by atoms with Crippen molar-refractivity contribution in [1.29, 1.82) is 0 Å². The number of nitrogens with one attached hydrogen (secondary N) is 1. The number of phosphoric acid groups is 1. The van der Waals surface area contributed by atoms with E-state index >= 15 is 0 Å². The number of amides is 1. The van der Waals surface area contributed by atoms with E-state index in [1.54, 1.807) is 0 Å². The van der Waals surface area contributed by atoms with Gasteiger partial charge in [-0.25, -0.2) is 4.57 Å². The molecule has 3 atom stereocenters. The molecule has 2 N–H and O–H groups in total. The lowest BCUT2D eigenvalue weighted by molar-refractivity contribution is -0.870. The van der Waals surface area contributed by atoms with Crippen LogP contribution in [0.15, 0.2) is 85.1 Å². The van der Waals surface area contributed by atoms with Crippen LogP contribution >= 0.6 is 7.82 Å². The second kappa shape index (κ2) is 56.5. The maximum absolute atomic E-state index is 13.6. The summed E-state index contributed by atoms with van der Waals surface area (Å²) in [5.74, 6) is -0.571. The fraction of sp³-hybridized carbons (Fsp3) is 0.761. The molecule has 3 unspecified atom stereocenters. The lowest BCUT2D eigenvalue weighted by Gasteiger charge is -2.27. The molecule has 0 aromatic carbocycles. The summed E-state index contributed by atoms with van der Waals surface area (Å²) in [6, 6.07) is -0.875. The molecule has 0 spiro atoms. The largest absolute Gasteiger partial charge is 0.472 e. The van der Waals surface area contributed by atoms with E-state index in [0.29, 0.717) is 23.9 Å². The number of nitrogens with zero attached hydrogens (tertiary/aromatic N) is 1. The number of hydrogen-bond donors (Lipinski definition) is 2. The van der Waals surface area contributed by atoms with Crippen molar-refractivity contribution in [2.75, 3.05) is 40.9 Å². The minimum atomic E-state index is -4.47. The molecule has 0 saturated carbocycles. The van der Waals surface area contributed by atoms with Crippen molar-refractivity contribution in [3.8, 4) is 0 Å². The Bertz CT molecular complexity index is 1590. The molecule has 0 saturated heterocycles. The average molecular weight is 1100 g/mol. The number of likely N-dealkylation sites (N-methyl/N-ethyl adjacent to an activating group) is 1. The van der Waals surface area contributed by atoms with Gasteiger partial charge >= 0.3 is 13.8 Å². The number of unbranched alkanes of at least 4 members (excludes halogenated alkanes) is 29. The Balaban J connectivity index is 5.31. The first-order valence-corrected chi connectivity index (χ1v) is 33.4. The third kappa shape index (κ3) is 57.7. The van der Waals surface area contributed by atoms with Gasteiger partial charge in [-0.1, -0.05) is 254 Å². The summed E-state index contributed by atoms with van der Waals surface area (Å²) in [6.45, 7) is 6.87. The van der Waals surface area contributed by atoms with E-state index < -0.39 is 20.0 Å². The fourth-order valence-corrected chi connectivity index (χ4v) is 9.65. The van der Waals surface area contributed by atoms with Crippen molar-refractivity contribution >= 4 is 19.7 Å². The second-order valence-electron chi connectivity index (χ2n) is 22.5. The molecule has 0 aromatic heterocycles. The van der Waals surface area contributed by atoms with Gasteiger partial charge in [-0.2, -0.15) is 0 Å². The quantitative estimate of drug-likeness (QED) is 0.0205. The number of esters is 1. The molecule has 0 radical (unpaired) electrons. The molecule has 77 heavy (non-hydrogen) atoms. The molecule has 0 aliphatic carbocycles. The normalized spacial score (nSPS) is 14.2. The van der Waals surface area contributed by atoms with Crippen molar-refractivity contribution < 1.29 is 37.3 Å². The molecule has 10 heteroatoms. The summed E-state index contributed by atoms with van der Waals surface area (Å²) < 4.78 is 30.7. The molecular weight excluding hydrogens is 976 g/mol. The number of hydrogen-bond acceptors (Lipinski definition) is 6. The van der Waals surface area contributed by atoms with Gasteiger partial charge in [0.25, 0.3) is 0 Å². The van der Waals surface area contributed by atoms with E-state index in [1.165, 1.54) is 161 Å². The fourth-order valence-electron chi connectivity index (χ4n) is 8.91. The van der Waals surface area contributed by atoms with Crippen LogP contribution in [0.1, 0.15) is 278 Å². The van der Waals surface area contributed by atoms with Crippen LogP contribution in [0.4, 0.5) is 0 Å². The van der Waals surface area contributed by atoms with Gasteiger partial charge in [0.2, 0.25) is 5.91 Å². The van der Waals surface area contributed by atoms with E-state index in [0.717, 1.165) is 77.0 Å². The monoisotopic (exact) mass is 1100 g/mol. The van der Waals surface area contributed by atoms with Gasteiger partial charge in [-0.15, -0.1) is 0 Å². The topological polar surface area (TPSA) is 111 Å². The summed E-state index contributed by atoms with van der Waals surface area (Å²) in [7, 11) is 1.46. The minimum absolute atomic E-state index is 0.0287. The number of carbonyl (C=O) groups is 2. The van der Waals surface area contributed by atoms with Crippen LogP contribution in [0, 0.1) is 0 Å². The highest BCUT2D eigenvalue weighted by atomic mass is 31.2. The summed E-state index contributed by atoms with van der Waals surface area (Å²) in [5, 5.41) is 3.05. The standard InChI is InChI=1S/C67H121N2O7P/c1-7-10-13-16-19-22-25-28-30-32-33-34-35-37-38-41-44-47-50-53-56-59-66(70)68-64(63-75-77(72,73)74-62-61-69(4,5)6)65(58-55-52-49-46-43-40-27-24-21-18-15-12-9-3)76-67(71)60-57-54-51-48-45-42-39-36-31-29-26-23-20-17-14-11-8-2/h11,14,20,23,28-31,39,42,48,51,55,58,64-65H,7-10,12-13,15-19,21-22,24-27,32-38,40-41,43-47,49-50,52-54,56-57,59-63H2,1-6H3,(H-,68,70,72,73)/p+1/b14-11-,23-20-,30-28+,31-29-,42-39-,51-48-,58-55-. The minimum Gasteiger partial charge on any atom is -0.456 e. The van der Waals surface area contributed by atoms with E-state index in [9.17, 15) is 19.0 Å². The number of rotatable bonds is 57. The van der Waals surface area contributed by atoms with Crippen molar-refractivity contribution in [2.45, 2.75) is 290 Å². The average Bonchev–Trinajstić information content (AvgIpc) is 3.39. The van der Waals surface area contributed by atoms with Gasteiger partial charge in [-0.05, 0) is 96.0 Å². The molecule has 446 valence electrons. The van der Waals surface area contributed by atoms with Crippen LogP contribution in [0.2, 0.25) is 0 Å². The van der Waals surface area contributed by atoms with E-state index in [-0.39, 0.29) is 31.5 Å². The maximum atomic E-state index is 13.6. The van der Waals surface area contributed by atoms with Gasteiger partial charge < -0.3 is 19.4 Å². The number of allylic oxidation sites excluding steroid dienone is 13. The third-order valence-corrected chi connectivity index (χ3v) is 14.8. The van der Waals surface area contributed by atoms with Crippen molar-refractivity contribution in [2.24, 2.45) is 0 Å². The van der Waals surface area contributed by atoms with Crippen LogP contribution in [0.3, 0.4) is 0 Å². The Morgan fingerprint density at radius 3 is 1.29 bits per heavy atom. The maximum Gasteiger partial charge on any atom is 0.472 e. The smallest absolute Gasteiger partial charge is 0.456 e. The third-order valence-electron chi connectivity index (χ3n) is 13.8. The summed E-state index contributed by atoms with van der Waals surface area (Å²) in [6.07, 6.45) is 74.5. The Kier molecular flexibility index (Phi) is 54.4. The van der Waals surface area contributed by atoms with E-state index in [4.69, 9.17) is 13.8 Å². The van der Waals surface area contributed by atoms with Crippen LogP contribution in [0.5, 0.6) is 0 Å². The number of carbonyl (C=O) groups excluding carboxylic acids is 2. The number of quaternary nitrogens is 1. The zero-order chi connectivity index (χ0) is 56.4. The number of ether oxygens (including phenoxy) is 1. The molecule has 9 nitrogen and oxygen atoms in total. The molecule has 0 aliphatic heterocycles. The molecule has 0 aliphatic rings. The zero-order valence-electron chi connectivity index (χ0n) is 50.9. The van der Waals surface area contributed by atoms with Gasteiger partial charge in [0.1, 0.15) is 19.3 Å². The Morgan fingerprint density at radius 2 is 0.844 bits per heavy atom. The van der Waals surface area contributed by atoms with Crippen molar-refractivity contribution in [1.82, 2.24) is 5.32 Å². The molecule has 0 bridgehead atoms. The molecule has 0 aromatic rings. The van der Waals surface area contributed by atoms with Crippen LogP contribution in [0.25, 0.3) is 0 Å². The molecule has 1 amide bonds. The van der Waals surface area contributed by atoms with Gasteiger partial charge in [0.15, 0.2) is 0 Å². The number of phosphoric ester groups is 1. The highest BCUT2D eigenvalue weighted by Gasteiger charge is 2.30. The lowest BCUT2D eigenvalue weighted by Crippen LogP contribution is -2.47. The highest BCUT2D eigenvalue weighted by molar-refractivity contribution is 7.47. The zero-order valence-corrected chi connectivity index (χ0v) is 51.8. The summed E-state index contributed by atoms with van der Waals surface area (Å²) >= 11 is 0. The molecule has 0 heterocycles. The Morgan fingerprint density at radius 1 is 0.468 bits per heavy atom. The SMILES string of the molecule is CC/C=C\C/C=C\C/C=C\C/C=C\C/C=C\CCCC(=O)OC(/C=C\CCCCCCCCCCCCC)C(COP(=O)(O)OCC[N+](C)(C)C)NC(=O)CCCCCCCCCCCCC/C=C/CCCCCCCC. The first-order valence-electron chi connectivity index (χ1n) is 31.9. The van der Waals surface area contributed by atoms with Crippen LogP contribution in [-0.2, 0) is 27.9 Å². The van der Waals surface area contributed by atoms with Crippen LogP contribution < -0.4 is 5.32 Å².